The third kappa shape index (κ3) is 2.72. The van der Waals surface area contributed by atoms with Gasteiger partial charge >= 0.3 is 5.97 Å². The van der Waals surface area contributed by atoms with Gasteiger partial charge in [0.1, 0.15) is 0 Å². The highest BCUT2D eigenvalue weighted by atomic mass is 16.4. The Labute approximate surface area is 126 Å². The summed E-state index contributed by atoms with van der Waals surface area (Å²) in [5.41, 5.74) is 0. The fourth-order valence-electron chi connectivity index (χ4n) is 4.88. The van der Waals surface area contributed by atoms with Crippen LogP contribution in [-0.2, 0) is 9.59 Å². The lowest BCUT2D eigenvalue weighted by Gasteiger charge is -2.34. The monoisotopic (exact) mass is 291 g/mol. The van der Waals surface area contributed by atoms with Gasteiger partial charge in [-0.15, -0.1) is 0 Å². The molecule has 21 heavy (non-hydrogen) atoms. The van der Waals surface area contributed by atoms with E-state index < -0.39 is 11.9 Å². The van der Waals surface area contributed by atoms with Crippen LogP contribution in [0.15, 0.2) is 12.2 Å². The fourth-order valence-corrected chi connectivity index (χ4v) is 4.88. The van der Waals surface area contributed by atoms with Gasteiger partial charge in [0, 0.05) is 6.04 Å². The van der Waals surface area contributed by atoms with Crippen molar-refractivity contribution < 1.29 is 14.7 Å². The van der Waals surface area contributed by atoms with Crippen LogP contribution in [0.25, 0.3) is 0 Å². The van der Waals surface area contributed by atoms with Crippen molar-refractivity contribution in [2.45, 2.75) is 45.6 Å². The van der Waals surface area contributed by atoms with Crippen LogP contribution in [0.2, 0.25) is 0 Å². The highest BCUT2D eigenvalue weighted by Crippen LogP contribution is 2.48. The molecular weight excluding hydrogens is 266 g/mol. The van der Waals surface area contributed by atoms with E-state index >= 15 is 0 Å². The van der Waals surface area contributed by atoms with Crippen molar-refractivity contribution in [2.75, 3.05) is 0 Å². The SMILES string of the molecule is CC1CC(C)CC(NC(=O)[C@H]2C3C=CC(C3)[C@H]2C(=O)O)C1. The fraction of sp³-hybridized carbons (Fsp3) is 0.765. The first-order valence-corrected chi connectivity index (χ1v) is 8.17. The van der Waals surface area contributed by atoms with Crippen molar-refractivity contribution in [2.24, 2.45) is 35.5 Å². The maximum atomic E-state index is 12.6. The van der Waals surface area contributed by atoms with Crippen molar-refractivity contribution in [3.63, 3.8) is 0 Å². The van der Waals surface area contributed by atoms with Crippen LogP contribution in [-0.4, -0.2) is 23.0 Å². The topological polar surface area (TPSA) is 66.4 Å². The average Bonchev–Trinajstić information content (AvgIpc) is 2.96. The lowest BCUT2D eigenvalue weighted by Crippen LogP contribution is -2.46. The van der Waals surface area contributed by atoms with E-state index in [0.717, 1.165) is 19.3 Å². The van der Waals surface area contributed by atoms with E-state index in [1.807, 2.05) is 12.2 Å². The molecule has 0 aromatic heterocycles. The highest BCUT2D eigenvalue weighted by Gasteiger charge is 2.51. The summed E-state index contributed by atoms with van der Waals surface area (Å²) in [5.74, 6) is -0.322. The third-order valence-electron chi connectivity index (χ3n) is 5.57. The molecule has 2 fully saturated rings. The Morgan fingerprint density at radius 3 is 2.10 bits per heavy atom. The number of allylic oxidation sites excluding steroid dienone is 2. The number of hydrogen-bond donors (Lipinski definition) is 2. The first-order valence-electron chi connectivity index (χ1n) is 8.17. The maximum absolute atomic E-state index is 12.6. The zero-order chi connectivity index (χ0) is 15.1. The first kappa shape index (κ1) is 14.6. The van der Waals surface area contributed by atoms with Crippen LogP contribution in [0, 0.1) is 35.5 Å². The molecule has 0 aromatic carbocycles. The van der Waals surface area contributed by atoms with Crippen LogP contribution in [0.3, 0.4) is 0 Å². The quantitative estimate of drug-likeness (QED) is 0.785. The molecule has 0 spiro atoms. The van der Waals surface area contributed by atoms with E-state index in [1.54, 1.807) is 0 Å². The third-order valence-corrected chi connectivity index (χ3v) is 5.57. The summed E-state index contributed by atoms with van der Waals surface area (Å²) in [4.78, 5) is 24.1. The second-order valence-corrected chi connectivity index (χ2v) is 7.46. The number of carboxylic acids is 1. The number of carboxylic acid groups (broad SMARTS) is 1. The molecule has 4 heteroatoms. The molecule has 3 aliphatic carbocycles. The van der Waals surface area contributed by atoms with Gasteiger partial charge < -0.3 is 10.4 Å². The molecule has 2 N–H and O–H groups in total. The van der Waals surface area contributed by atoms with E-state index in [4.69, 9.17) is 0 Å². The molecule has 6 atom stereocenters. The number of hydrogen-bond acceptors (Lipinski definition) is 2. The van der Waals surface area contributed by atoms with Crippen LogP contribution in [0.1, 0.15) is 39.5 Å². The minimum absolute atomic E-state index is 0.0365. The van der Waals surface area contributed by atoms with Crippen LogP contribution >= 0.6 is 0 Å². The van der Waals surface area contributed by atoms with Crippen molar-refractivity contribution in [1.29, 1.82) is 0 Å². The molecule has 1 amide bonds. The summed E-state index contributed by atoms with van der Waals surface area (Å²) < 4.78 is 0. The number of nitrogens with one attached hydrogen (secondary N) is 1. The van der Waals surface area contributed by atoms with E-state index in [0.29, 0.717) is 11.8 Å². The van der Waals surface area contributed by atoms with Gasteiger partial charge in [0.05, 0.1) is 11.8 Å². The van der Waals surface area contributed by atoms with Gasteiger partial charge in [-0.05, 0) is 49.4 Å². The molecule has 0 heterocycles. The van der Waals surface area contributed by atoms with Gasteiger partial charge in [-0.2, -0.15) is 0 Å². The summed E-state index contributed by atoms with van der Waals surface area (Å²) in [6, 6.07) is 0.216. The summed E-state index contributed by atoms with van der Waals surface area (Å²) in [7, 11) is 0. The van der Waals surface area contributed by atoms with Gasteiger partial charge in [-0.3, -0.25) is 9.59 Å². The predicted octanol–water partition coefficient (Wildman–Crippen LogP) is 2.45. The molecule has 2 bridgehead atoms. The molecule has 4 unspecified atom stereocenters. The van der Waals surface area contributed by atoms with Gasteiger partial charge in [-0.1, -0.05) is 26.0 Å². The molecule has 4 nitrogen and oxygen atoms in total. The van der Waals surface area contributed by atoms with E-state index in [2.05, 4.69) is 19.2 Å². The molecule has 3 aliphatic rings. The molecule has 0 aromatic rings. The summed E-state index contributed by atoms with van der Waals surface area (Å²) in [6.45, 7) is 4.46. The molecule has 0 radical (unpaired) electrons. The molecular formula is C17H25NO3. The lowest BCUT2D eigenvalue weighted by molar-refractivity contribution is -0.148. The second kappa shape index (κ2) is 5.47. The number of aliphatic carboxylic acids is 1. The zero-order valence-corrected chi connectivity index (χ0v) is 12.8. The molecule has 0 saturated heterocycles. The molecule has 116 valence electrons. The number of carbonyl (C=O) groups is 2. The summed E-state index contributed by atoms with van der Waals surface area (Å²) in [5, 5.41) is 12.6. The van der Waals surface area contributed by atoms with E-state index in [9.17, 15) is 14.7 Å². The largest absolute Gasteiger partial charge is 0.481 e. The lowest BCUT2D eigenvalue weighted by atomic mass is 9.79. The summed E-state index contributed by atoms with van der Waals surface area (Å²) >= 11 is 0. The smallest absolute Gasteiger partial charge is 0.307 e. The Balaban J connectivity index is 1.67. The maximum Gasteiger partial charge on any atom is 0.307 e. The number of amides is 1. The molecule has 3 rings (SSSR count). The number of fused-ring (bicyclic) bond motifs is 2. The van der Waals surface area contributed by atoms with Crippen molar-refractivity contribution in [1.82, 2.24) is 5.32 Å². The van der Waals surface area contributed by atoms with Crippen molar-refractivity contribution in [3.8, 4) is 0 Å². The van der Waals surface area contributed by atoms with E-state index in [-0.39, 0.29) is 29.7 Å². The van der Waals surface area contributed by atoms with E-state index in [1.165, 1.54) is 6.42 Å². The Morgan fingerprint density at radius 1 is 0.952 bits per heavy atom. The van der Waals surface area contributed by atoms with Crippen molar-refractivity contribution in [3.05, 3.63) is 12.2 Å². The standard InChI is InChI=1S/C17H25NO3/c1-9-5-10(2)7-13(6-9)18-16(19)14-11-3-4-12(8-11)15(14)17(20)21/h3-4,9-15H,5-8H2,1-2H3,(H,18,19)(H,20,21)/t9?,10?,11?,12?,13?,14-,15+/m0/s1. The van der Waals surface area contributed by atoms with Crippen LogP contribution < -0.4 is 5.32 Å². The molecule has 0 aliphatic heterocycles. The Morgan fingerprint density at radius 2 is 1.52 bits per heavy atom. The minimum atomic E-state index is -0.822. The minimum Gasteiger partial charge on any atom is -0.481 e. The zero-order valence-electron chi connectivity index (χ0n) is 12.8. The van der Waals surface area contributed by atoms with Crippen LogP contribution in [0.4, 0.5) is 0 Å². The average molecular weight is 291 g/mol. The summed E-state index contributed by atoms with van der Waals surface area (Å²) in [6.07, 6.45) is 8.11. The van der Waals surface area contributed by atoms with Crippen molar-refractivity contribution >= 4 is 11.9 Å². The Hall–Kier alpha value is -1.32. The number of rotatable bonds is 3. The van der Waals surface area contributed by atoms with Crippen LogP contribution in [0.5, 0.6) is 0 Å². The first-order chi connectivity index (χ1) is 9.95. The normalized spacial score (nSPS) is 44.8. The molecule has 2 saturated carbocycles. The Bertz CT molecular complexity index is 463. The number of carbonyl (C=O) groups excluding carboxylic acids is 1. The van der Waals surface area contributed by atoms with Gasteiger partial charge in [0.25, 0.3) is 0 Å². The van der Waals surface area contributed by atoms with Gasteiger partial charge in [-0.25, -0.2) is 0 Å². The van der Waals surface area contributed by atoms with Gasteiger partial charge in [0.2, 0.25) is 5.91 Å². The second-order valence-electron chi connectivity index (χ2n) is 7.46. The Kier molecular flexibility index (Phi) is 3.80. The van der Waals surface area contributed by atoms with Gasteiger partial charge in [0.15, 0.2) is 0 Å². The predicted molar refractivity (Wildman–Crippen MR) is 79.5 cm³/mol. The highest BCUT2D eigenvalue weighted by molar-refractivity contribution is 5.87.